The number of rotatable bonds is 6. The molecule has 4 aromatic heterocycles. The summed E-state index contributed by atoms with van der Waals surface area (Å²) in [4.78, 5) is 20.3. The van der Waals surface area contributed by atoms with Crippen molar-refractivity contribution >= 4 is 44.1 Å². The number of furan rings is 2. The second-order valence-corrected chi connectivity index (χ2v) is 13.8. The Morgan fingerprint density at radius 1 is 0.268 bits per heavy atom. The molecule has 0 N–H and O–H groups in total. The maximum atomic E-state index is 6.35. The Morgan fingerprint density at radius 3 is 1.00 bits per heavy atom. The Bertz CT molecular complexity index is 3210. The van der Waals surface area contributed by atoms with Crippen LogP contribution in [0.5, 0.6) is 0 Å². The van der Waals surface area contributed by atoms with Gasteiger partial charge in [0.15, 0.2) is 11.6 Å². The molecule has 0 saturated heterocycles. The van der Waals surface area contributed by atoms with Crippen LogP contribution in [0.15, 0.2) is 191 Å². The maximum absolute atomic E-state index is 6.35. The van der Waals surface area contributed by atoms with Gasteiger partial charge in [-0.15, -0.1) is 0 Å². The lowest BCUT2D eigenvalue weighted by Crippen LogP contribution is -1.95. The van der Waals surface area contributed by atoms with Crippen molar-refractivity contribution in [3.63, 3.8) is 0 Å². The van der Waals surface area contributed by atoms with E-state index in [9.17, 15) is 0 Å². The second-order valence-electron chi connectivity index (χ2n) is 13.8. The third kappa shape index (κ3) is 5.43. The molecule has 0 fully saturated rings. The number of hydrogen-bond donors (Lipinski definition) is 0. The highest BCUT2D eigenvalue weighted by Crippen LogP contribution is 2.39. The first-order chi connectivity index (χ1) is 27.7. The SMILES string of the molecule is c1ccc(-c2ccc(-c3nc(-c4ccc(-c5nc(-c6ccc(-c7ccccc7)cc6)c6c(n5)oc5ccccc56)cc4)c4c(n3)oc3ccccc34)cc2)cc1. The lowest BCUT2D eigenvalue weighted by Gasteiger charge is -2.10. The lowest BCUT2D eigenvalue weighted by molar-refractivity contribution is 0.653. The van der Waals surface area contributed by atoms with E-state index in [1.54, 1.807) is 0 Å². The van der Waals surface area contributed by atoms with E-state index < -0.39 is 0 Å². The van der Waals surface area contributed by atoms with Crippen molar-refractivity contribution in [1.29, 1.82) is 0 Å². The van der Waals surface area contributed by atoms with Gasteiger partial charge in [-0.1, -0.05) is 170 Å². The van der Waals surface area contributed by atoms with Gasteiger partial charge in [-0.3, -0.25) is 0 Å². The van der Waals surface area contributed by atoms with E-state index in [1.807, 2.05) is 72.8 Å². The molecule has 0 unspecified atom stereocenters. The minimum Gasteiger partial charge on any atom is -0.438 e. The zero-order chi connectivity index (χ0) is 37.0. The molecule has 0 aliphatic rings. The van der Waals surface area contributed by atoms with Gasteiger partial charge in [0.05, 0.1) is 22.2 Å². The van der Waals surface area contributed by atoms with Crippen LogP contribution in [-0.2, 0) is 0 Å². The Kier molecular flexibility index (Phi) is 7.38. The van der Waals surface area contributed by atoms with Crippen molar-refractivity contribution < 1.29 is 8.83 Å². The van der Waals surface area contributed by atoms with Crippen LogP contribution < -0.4 is 0 Å². The molecule has 6 nitrogen and oxygen atoms in total. The number of benzene rings is 7. The van der Waals surface area contributed by atoms with Crippen LogP contribution in [-0.4, -0.2) is 19.9 Å². The quantitative estimate of drug-likeness (QED) is 0.170. The number of aromatic nitrogens is 4. The fourth-order valence-electron chi connectivity index (χ4n) is 7.59. The van der Waals surface area contributed by atoms with Gasteiger partial charge in [-0.25, -0.2) is 9.97 Å². The van der Waals surface area contributed by atoms with Gasteiger partial charge in [-0.2, -0.15) is 9.97 Å². The molecule has 11 rings (SSSR count). The zero-order valence-electron chi connectivity index (χ0n) is 29.9. The van der Waals surface area contributed by atoms with Gasteiger partial charge in [0.25, 0.3) is 0 Å². The highest BCUT2D eigenvalue weighted by atomic mass is 16.3. The third-order valence-corrected chi connectivity index (χ3v) is 10.4. The second kappa shape index (κ2) is 13.0. The van der Waals surface area contributed by atoms with Crippen molar-refractivity contribution in [3.8, 4) is 67.5 Å². The molecular weight excluding hydrogens is 689 g/mol. The van der Waals surface area contributed by atoms with E-state index >= 15 is 0 Å². The fraction of sp³-hybridized carbons (Fsp3) is 0. The minimum absolute atomic E-state index is 0.545. The smallest absolute Gasteiger partial charge is 0.231 e. The van der Waals surface area contributed by atoms with Crippen molar-refractivity contribution in [2.75, 3.05) is 0 Å². The van der Waals surface area contributed by atoms with Gasteiger partial charge in [0.1, 0.15) is 11.2 Å². The topological polar surface area (TPSA) is 77.8 Å². The molecule has 0 atom stereocenters. The lowest BCUT2D eigenvalue weighted by atomic mass is 10.0. The Hall–Kier alpha value is -7.70. The molecule has 0 amide bonds. The fourth-order valence-corrected chi connectivity index (χ4v) is 7.59. The van der Waals surface area contributed by atoms with E-state index in [4.69, 9.17) is 28.8 Å². The summed E-state index contributed by atoms with van der Waals surface area (Å²) in [6, 6.07) is 61.9. The standard InChI is InChI=1S/C50H30N4O2/c1-3-11-31(12-4-1)33-19-23-35(24-20-33)45-43-39-15-7-9-17-41(39)55-49(43)54-48(51-45)38-29-25-36(26-30-38)46-44-40-16-8-10-18-42(40)56-50(44)53-47(52-46)37-27-21-34(22-28-37)32-13-5-2-6-14-32/h1-30H. The Labute approximate surface area is 321 Å². The van der Waals surface area contributed by atoms with E-state index in [2.05, 4.69) is 109 Å². The van der Waals surface area contributed by atoms with Crippen molar-refractivity contribution in [1.82, 2.24) is 19.9 Å². The van der Waals surface area contributed by atoms with Gasteiger partial charge < -0.3 is 8.83 Å². The van der Waals surface area contributed by atoms with Gasteiger partial charge in [-0.05, 0) is 34.4 Å². The summed E-state index contributed by atoms with van der Waals surface area (Å²) < 4.78 is 12.7. The van der Waals surface area contributed by atoms with E-state index in [0.29, 0.717) is 23.1 Å². The first-order valence-electron chi connectivity index (χ1n) is 18.5. The van der Waals surface area contributed by atoms with Crippen LogP contribution in [0.25, 0.3) is 112 Å². The molecule has 0 aliphatic heterocycles. The first kappa shape index (κ1) is 31.8. The molecule has 0 saturated carbocycles. The van der Waals surface area contributed by atoms with Crippen LogP contribution in [0.3, 0.4) is 0 Å². The summed E-state index contributed by atoms with van der Waals surface area (Å²) in [5, 5.41) is 3.72. The number of hydrogen-bond acceptors (Lipinski definition) is 6. The average molecular weight is 719 g/mol. The molecule has 262 valence electrons. The third-order valence-electron chi connectivity index (χ3n) is 10.4. The van der Waals surface area contributed by atoms with Crippen molar-refractivity contribution in [3.05, 3.63) is 182 Å². The van der Waals surface area contributed by atoms with Gasteiger partial charge in [0.2, 0.25) is 11.4 Å². The molecule has 0 radical (unpaired) electrons. The van der Waals surface area contributed by atoms with E-state index in [0.717, 1.165) is 83.0 Å². The molecule has 0 aliphatic carbocycles. The summed E-state index contributed by atoms with van der Waals surface area (Å²) in [6.45, 7) is 0. The molecule has 6 heteroatoms. The number of fused-ring (bicyclic) bond motifs is 6. The van der Waals surface area contributed by atoms with E-state index in [-0.39, 0.29) is 0 Å². The molecule has 0 bridgehead atoms. The van der Waals surface area contributed by atoms with Crippen LogP contribution >= 0.6 is 0 Å². The summed E-state index contributed by atoms with van der Waals surface area (Å²) >= 11 is 0. The van der Waals surface area contributed by atoms with E-state index in [1.165, 1.54) is 5.56 Å². The molecule has 7 aromatic carbocycles. The van der Waals surface area contributed by atoms with Crippen LogP contribution in [0.4, 0.5) is 0 Å². The molecule has 11 aromatic rings. The number of nitrogens with zero attached hydrogens (tertiary/aromatic N) is 4. The Morgan fingerprint density at radius 2 is 0.589 bits per heavy atom. The molecular formula is C50H30N4O2. The average Bonchev–Trinajstić information content (AvgIpc) is 3.85. The molecule has 4 heterocycles. The molecule has 56 heavy (non-hydrogen) atoms. The molecule has 0 spiro atoms. The minimum atomic E-state index is 0.545. The van der Waals surface area contributed by atoms with Crippen LogP contribution in [0.1, 0.15) is 0 Å². The summed E-state index contributed by atoms with van der Waals surface area (Å²) in [5.41, 5.74) is 12.5. The summed E-state index contributed by atoms with van der Waals surface area (Å²) in [5.74, 6) is 1.17. The first-order valence-corrected chi connectivity index (χ1v) is 18.5. The Balaban J connectivity index is 1.02. The predicted octanol–water partition coefficient (Wildman–Crippen LogP) is 13.1. The van der Waals surface area contributed by atoms with Gasteiger partial charge in [0, 0.05) is 33.0 Å². The maximum Gasteiger partial charge on any atom is 0.231 e. The largest absolute Gasteiger partial charge is 0.438 e. The predicted molar refractivity (Wildman–Crippen MR) is 225 cm³/mol. The van der Waals surface area contributed by atoms with Crippen LogP contribution in [0.2, 0.25) is 0 Å². The number of para-hydroxylation sites is 2. The zero-order valence-corrected chi connectivity index (χ0v) is 29.9. The monoisotopic (exact) mass is 718 g/mol. The highest BCUT2D eigenvalue weighted by molar-refractivity contribution is 6.12. The van der Waals surface area contributed by atoms with Crippen LogP contribution in [0, 0.1) is 0 Å². The summed E-state index contributed by atoms with van der Waals surface area (Å²) in [6.07, 6.45) is 0. The highest BCUT2D eigenvalue weighted by Gasteiger charge is 2.21. The van der Waals surface area contributed by atoms with Gasteiger partial charge >= 0.3 is 0 Å². The van der Waals surface area contributed by atoms with Crippen molar-refractivity contribution in [2.45, 2.75) is 0 Å². The normalized spacial score (nSPS) is 11.6. The van der Waals surface area contributed by atoms with Crippen molar-refractivity contribution in [2.24, 2.45) is 0 Å². The summed E-state index contributed by atoms with van der Waals surface area (Å²) in [7, 11) is 0.